The van der Waals surface area contributed by atoms with Crippen LogP contribution in [0.2, 0.25) is 0 Å². The van der Waals surface area contributed by atoms with Crippen molar-refractivity contribution in [3.63, 3.8) is 0 Å². The molecule has 1 aromatic carbocycles. The lowest BCUT2D eigenvalue weighted by Crippen LogP contribution is -2.30. The monoisotopic (exact) mass is 328 g/mol. The van der Waals surface area contributed by atoms with Crippen LogP contribution in [0, 0.1) is 6.92 Å². The van der Waals surface area contributed by atoms with Crippen LogP contribution >= 0.6 is 0 Å². The van der Waals surface area contributed by atoms with E-state index in [0.717, 1.165) is 55.0 Å². The average Bonchev–Trinajstić information content (AvgIpc) is 2.57. The molecule has 0 radical (unpaired) electrons. The molecule has 1 saturated carbocycles. The highest BCUT2D eigenvalue weighted by Gasteiger charge is 2.25. The molecule has 2 aromatic rings. The van der Waals surface area contributed by atoms with Crippen molar-refractivity contribution in [2.45, 2.75) is 64.9 Å². The summed E-state index contributed by atoms with van der Waals surface area (Å²) < 4.78 is 11.4. The summed E-state index contributed by atoms with van der Waals surface area (Å²) in [5.74, 6) is 0.803. The van der Waals surface area contributed by atoms with Crippen LogP contribution in [0.5, 0.6) is 5.75 Å². The van der Waals surface area contributed by atoms with Crippen LogP contribution in [0.3, 0.4) is 0 Å². The molecule has 4 nitrogen and oxygen atoms in total. The maximum Gasteiger partial charge on any atom is 0.336 e. The first-order valence-corrected chi connectivity index (χ1v) is 8.86. The van der Waals surface area contributed by atoms with Crippen LogP contribution in [0.1, 0.15) is 56.6 Å². The van der Waals surface area contributed by atoms with Crippen molar-refractivity contribution >= 4 is 16.8 Å². The SMILES string of the molecule is CCCCc1cc(=O)oc2c(C)c(O[C@H]3CCCCC3=O)ccc12. The predicted molar refractivity (Wildman–Crippen MR) is 93.7 cm³/mol. The van der Waals surface area contributed by atoms with Crippen molar-refractivity contribution in [2.75, 3.05) is 0 Å². The number of carbonyl (C=O) groups excluding carboxylic acids is 1. The number of carbonyl (C=O) groups is 1. The summed E-state index contributed by atoms with van der Waals surface area (Å²) in [7, 11) is 0. The van der Waals surface area contributed by atoms with E-state index in [1.165, 1.54) is 0 Å². The fraction of sp³-hybridized carbons (Fsp3) is 0.500. The van der Waals surface area contributed by atoms with E-state index < -0.39 is 0 Å². The second kappa shape index (κ2) is 7.20. The first kappa shape index (κ1) is 16.7. The molecule has 3 rings (SSSR count). The van der Waals surface area contributed by atoms with Gasteiger partial charge in [0.1, 0.15) is 11.3 Å². The van der Waals surface area contributed by atoms with Gasteiger partial charge in [0.05, 0.1) is 0 Å². The first-order valence-electron chi connectivity index (χ1n) is 8.86. The minimum absolute atomic E-state index is 0.166. The largest absolute Gasteiger partial charge is 0.482 e. The van der Waals surface area contributed by atoms with Gasteiger partial charge in [0.25, 0.3) is 0 Å². The van der Waals surface area contributed by atoms with Crippen LogP contribution in [-0.2, 0) is 11.2 Å². The van der Waals surface area contributed by atoms with Crippen LogP contribution < -0.4 is 10.4 Å². The van der Waals surface area contributed by atoms with E-state index >= 15 is 0 Å². The molecule has 0 aliphatic heterocycles. The van der Waals surface area contributed by atoms with Gasteiger partial charge in [-0.1, -0.05) is 13.3 Å². The number of ketones is 1. The molecule has 1 fully saturated rings. The lowest BCUT2D eigenvalue weighted by atomic mass is 9.96. The Morgan fingerprint density at radius 2 is 2.08 bits per heavy atom. The van der Waals surface area contributed by atoms with Crippen molar-refractivity contribution in [3.8, 4) is 5.75 Å². The Bertz CT molecular complexity index is 803. The predicted octanol–water partition coefficient (Wildman–Crippen LogP) is 4.33. The van der Waals surface area contributed by atoms with E-state index in [1.54, 1.807) is 6.07 Å². The third-order valence-corrected chi connectivity index (χ3v) is 4.76. The molecule has 0 spiro atoms. The van der Waals surface area contributed by atoms with Gasteiger partial charge in [-0.15, -0.1) is 0 Å². The zero-order valence-electron chi connectivity index (χ0n) is 14.4. The fourth-order valence-corrected chi connectivity index (χ4v) is 3.34. The van der Waals surface area contributed by atoms with Gasteiger partial charge in [-0.3, -0.25) is 4.79 Å². The van der Waals surface area contributed by atoms with Crippen molar-refractivity contribution in [1.29, 1.82) is 0 Å². The maximum atomic E-state index is 12.0. The van der Waals surface area contributed by atoms with Gasteiger partial charge < -0.3 is 9.15 Å². The number of aryl methyl sites for hydroxylation is 2. The summed E-state index contributed by atoms with van der Waals surface area (Å²) in [5, 5.41) is 0.961. The Labute approximate surface area is 141 Å². The molecular weight excluding hydrogens is 304 g/mol. The number of fused-ring (bicyclic) bond motifs is 1. The molecule has 0 unspecified atom stereocenters. The highest BCUT2D eigenvalue weighted by Crippen LogP contribution is 2.31. The molecular formula is C20H24O4. The second-order valence-corrected chi connectivity index (χ2v) is 6.58. The minimum atomic E-state index is -0.370. The lowest BCUT2D eigenvalue weighted by molar-refractivity contribution is -0.127. The van der Waals surface area contributed by atoms with E-state index in [2.05, 4.69) is 6.92 Å². The molecule has 1 aliphatic carbocycles. The molecule has 4 heteroatoms. The van der Waals surface area contributed by atoms with Gasteiger partial charge in [0.2, 0.25) is 0 Å². The molecule has 0 saturated heterocycles. The minimum Gasteiger partial charge on any atom is -0.482 e. The smallest absolute Gasteiger partial charge is 0.336 e. The number of unbranched alkanes of at least 4 members (excludes halogenated alkanes) is 1. The van der Waals surface area contributed by atoms with Crippen molar-refractivity contribution in [1.82, 2.24) is 0 Å². The summed E-state index contributed by atoms with van der Waals surface area (Å²) in [5.41, 5.74) is 2.06. The normalized spacial score (nSPS) is 18.1. The number of hydrogen-bond donors (Lipinski definition) is 0. The van der Waals surface area contributed by atoms with Crippen LogP contribution in [0.15, 0.2) is 27.4 Å². The molecule has 1 atom stereocenters. The molecule has 0 N–H and O–H groups in total. The summed E-state index contributed by atoms with van der Waals surface area (Å²) in [6, 6.07) is 5.43. The standard InChI is InChI=1S/C20H24O4/c1-3-4-7-14-12-19(22)24-20-13(2)17(11-10-15(14)20)23-18-9-6-5-8-16(18)21/h10-12,18H,3-9H2,1-2H3/t18-/m0/s1. The Balaban J connectivity index is 1.98. The highest BCUT2D eigenvalue weighted by atomic mass is 16.5. The van der Waals surface area contributed by atoms with Gasteiger partial charge >= 0.3 is 5.63 Å². The van der Waals surface area contributed by atoms with Gasteiger partial charge in [-0.2, -0.15) is 0 Å². The Hall–Kier alpha value is -2.10. The Kier molecular flexibility index (Phi) is 5.03. The number of Topliss-reactive ketones (excluding diaryl/α,β-unsaturated/α-hetero) is 1. The van der Waals surface area contributed by atoms with Crippen molar-refractivity contribution < 1.29 is 13.9 Å². The molecule has 0 bridgehead atoms. The van der Waals surface area contributed by atoms with Gasteiger partial charge in [0.15, 0.2) is 11.9 Å². The summed E-state index contributed by atoms with van der Waals surface area (Å²) in [4.78, 5) is 23.9. The van der Waals surface area contributed by atoms with Gasteiger partial charge in [-0.25, -0.2) is 4.79 Å². The van der Waals surface area contributed by atoms with E-state index in [1.807, 2.05) is 19.1 Å². The topological polar surface area (TPSA) is 56.5 Å². The van der Waals surface area contributed by atoms with Gasteiger partial charge in [0, 0.05) is 23.4 Å². The van der Waals surface area contributed by atoms with Crippen molar-refractivity contribution in [2.24, 2.45) is 0 Å². The number of benzene rings is 1. The molecule has 24 heavy (non-hydrogen) atoms. The zero-order chi connectivity index (χ0) is 17.1. The molecule has 1 aromatic heterocycles. The summed E-state index contributed by atoms with van der Waals surface area (Å²) in [6.07, 6.45) is 5.91. The maximum absolute atomic E-state index is 12.0. The van der Waals surface area contributed by atoms with E-state index in [-0.39, 0.29) is 17.5 Å². The third kappa shape index (κ3) is 3.37. The third-order valence-electron chi connectivity index (χ3n) is 4.76. The fourth-order valence-electron chi connectivity index (χ4n) is 3.34. The number of ether oxygens (including phenoxy) is 1. The molecule has 1 heterocycles. The van der Waals surface area contributed by atoms with Crippen LogP contribution in [0.25, 0.3) is 11.0 Å². The first-order chi connectivity index (χ1) is 11.6. The number of hydrogen-bond acceptors (Lipinski definition) is 4. The van der Waals surface area contributed by atoms with E-state index in [0.29, 0.717) is 17.8 Å². The van der Waals surface area contributed by atoms with E-state index in [4.69, 9.17) is 9.15 Å². The highest BCUT2D eigenvalue weighted by molar-refractivity contribution is 5.86. The Morgan fingerprint density at radius 3 is 2.83 bits per heavy atom. The Morgan fingerprint density at radius 1 is 1.25 bits per heavy atom. The summed E-state index contributed by atoms with van der Waals surface area (Å²) >= 11 is 0. The molecule has 128 valence electrons. The van der Waals surface area contributed by atoms with Gasteiger partial charge in [-0.05, 0) is 56.7 Å². The van der Waals surface area contributed by atoms with E-state index in [9.17, 15) is 9.59 Å². The number of rotatable bonds is 5. The molecule has 1 aliphatic rings. The summed E-state index contributed by atoms with van der Waals surface area (Å²) in [6.45, 7) is 4.02. The van der Waals surface area contributed by atoms with Crippen molar-refractivity contribution in [3.05, 3.63) is 39.7 Å². The zero-order valence-corrected chi connectivity index (χ0v) is 14.4. The average molecular weight is 328 g/mol. The lowest BCUT2D eigenvalue weighted by Gasteiger charge is -2.23. The quantitative estimate of drug-likeness (QED) is 0.766. The molecule has 0 amide bonds. The second-order valence-electron chi connectivity index (χ2n) is 6.58. The van der Waals surface area contributed by atoms with Crippen LogP contribution in [0.4, 0.5) is 0 Å². The van der Waals surface area contributed by atoms with Crippen LogP contribution in [-0.4, -0.2) is 11.9 Å².